The number of rotatable bonds is 8. The molecule has 0 bridgehead atoms. The number of nitrogens with one attached hydrogen (secondary N) is 2. The summed E-state index contributed by atoms with van der Waals surface area (Å²) in [5, 5.41) is 5.86. The van der Waals surface area contributed by atoms with E-state index in [1.165, 1.54) is 0 Å². The molecular formula is C19H21N3O4. The highest BCUT2D eigenvalue weighted by molar-refractivity contribution is 5.96. The fraction of sp³-hybridized carbons (Fsp3) is 0.316. The van der Waals surface area contributed by atoms with Gasteiger partial charge in [-0.25, -0.2) is 9.78 Å². The Kier molecular flexibility index (Phi) is 5.68. The van der Waals surface area contributed by atoms with Crippen molar-refractivity contribution in [1.29, 1.82) is 0 Å². The molecule has 26 heavy (non-hydrogen) atoms. The summed E-state index contributed by atoms with van der Waals surface area (Å²) in [6, 6.07) is 10.8. The molecule has 1 heterocycles. The Bertz CT molecular complexity index is 773. The van der Waals surface area contributed by atoms with Crippen molar-refractivity contribution in [2.45, 2.75) is 25.8 Å². The second-order valence-electron chi connectivity index (χ2n) is 5.90. The Labute approximate surface area is 151 Å². The van der Waals surface area contributed by atoms with Crippen molar-refractivity contribution in [3.8, 4) is 5.75 Å². The minimum Gasteiger partial charge on any atom is -0.494 e. The van der Waals surface area contributed by atoms with Crippen LogP contribution in [0, 0.1) is 0 Å². The second kappa shape index (κ2) is 8.33. The Morgan fingerprint density at radius 3 is 2.65 bits per heavy atom. The zero-order valence-electron chi connectivity index (χ0n) is 14.5. The molecule has 0 radical (unpaired) electrons. The topological polar surface area (TPSA) is 89.6 Å². The summed E-state index contributed by atoms with van der Waals surface area (Å²) >= 11 is 0. The number of anilines is 2. The van der Waals surface area contributed by atoms with Gasteiger partial charge in [0.15, 0.2) is 6.61 Å². The van der Waals surface area contributed by atoms with Gasteiger partial charge >= 0.3 is 5.97 Å². The maximum atomic E-state index is 12.3. The summed E-state index contributed by atoms with van der Waals surface area (Å²) in [5.41, 5.74) is 1.02. The monoisotopic (exact) mass is 355 g/mol. The molecule has 0 atom stereocenters. The van der Waals surface area contributed by atoms with Gasteiger partial charge in [0.2, 0.25) is 0 Å². The molecule has 1 aromatic carbocycles. The number of ether oxygens (including phenoxy) is 2. The lowest BCUT2D eigenvalue weighted by atomic mass is 10.2. The van der Waals surface area contributed by atoms with Crippen LogP contribution in [0.4, 0.5) is 11.5 Å². The van der Waals surface area contributed by atoms with Crippen molar-refractivity contribution in [3.63, 3.8) is 0 Å². The van der Waals surface area contributed by atoms with Gasteiger partial charge in [0.25, 0.3) is 5.91 Å². The van der Waals surface area contributed by atoms with Gasteiger partial charge in [-0.2, -0.15) is 0 Å². The van der Waals surface area contributed by atoms with Gasteiger partial charge in [-0.05, 0) is 56.2 Å². The van der Waals surface area contributed by atoms with Crippen molar-refractivity contribution in [2.75, 3.05) is 18.5 Å². The van der Waals surface area contributed by atoms with Gasteiger partial charge in [-0.1, -0.05) is 0 Å². The first-order chi connectivity index (χ1) is 12.7. The number of amides is 1. The Hall–Kier alpha value is -3.09. The van der Waals surface area contributed by atoms with Crippen molar-refractivity contribution < 1.29 is 19.1 Å². The minimum atomic E-state index is -0.600. The summed E-state index contributed by atoms with van der Waals surface area (Å²) in [6.45, 7) is 2.22. The van der Waals surface area contributed by atoms with Crippen LogP contribution in [0.3, 0.4) is 0 Å². The number of aromatic nitrogens is 1. The molecule has 1 aliphatic carbocycles. The molecule has 0 spiro atoms. The fourth-order valence-electron chi connectivity index (χ4n) is 2.31. The average molecular weight is 355 g/mol. The van der Waals surface area contributed by atoms with Gasteiger partial charge in [-0.15, -0.1) is 0 Å². The molecule has 1 amide bonds. The predicted molar refractivity (Wildman–Crippen MR) is 96.6 cm³/mol. The number of nitrogens with zero attached hydrogens (tertiary/aromatic N) is 1. The smallest absolute Gasteiger partial charge is 0.342 e. The lowest BCUT2D eigenvalue weighted by Crippen LogP contribution is -2.30. The van der Waals surface area contributed by atoms with E-state index >= 15 is 0 Å². The summed E-state index contributed by atoms with van der Waals surface area (Å²) in [6.07, 6.45) is 3.55. The van der Waals surface area contributed by atoms with Crippen LogP contribution in [-0.4, -0.2) is 36.1 Å². The third-order valence-corrected chi connectivity index (χ3v) is 3.73. The molecule has 7 nitrogen and oxygen atoms in total. The Morgan fingerprint density at radius 1 is 1.19 bits per heavy atom. The molecule has 0 unspecified atom stereocenters. The minimum absolute atomic E-state index is 0.233. The largest absolute Gasteiger partial charge is 0.494 e. The van der Waals surface area contributed by atoms with E-state index in [0.29, 0.717) is 12.4 Å². The quantitative estimate of drug-likeness (QED) is 0.708. The van der Waals surface area contributed by atoms with Gasteiger partial charge in [0.05, 0.1) is 6.61 Å². The molecule has 136 valence electrons. The molecule has 0 saturated heterocycles. The van der Waals surface area contributed by atoms with Crippen LogP contribution in [0.25, 0.3) is 0 Å². The van der Waals surface area contributed by atoms with Crippen molar-refractivity contribution >= 4 is 23.4 Å². The zero-order chi connectivity index (χ0) is 18.4. The number of carbonyl (C=O) groups is 2. The maximum Gasteiger partial charge on any atom is 0.342 e. The Balaban J connectivity index is 1.62. The SMILES string of the molecule is CCOc1ccc(Nc2ncccc2C(=O)OCC(=O)NC2CC2)cc1. The highest BCUT2D eigenvalue weighted by Gasteiger charge is 2.24. The van der Waals surface area contributed by atoms with Crippen molar-refractivity contribution in [2.24, 2.45) is 0 Å². The first-order valence-electron chi connectivity index (χ1n) is 8.57. The van der Waals surface area contributed by atoms with E-state index in [4.69, 9.17) is 9.47 Å². The normalized spacial score (nSPS) is 13.0. The zero-order valence-corrected chi connectivity index (χ0v) is 14.5. The number of hydrogen-bond acceptors (Lipinski definition) is 6. The summed E-state index contributed by atoms with van der Waals surface area (Å²) < 4.78 is 10.5. The highest BCUT2D eigenvalue weighted by atomic mass is 16.5. The van der Waals surface area contributed by atoms with Crippen LogP contribution < -0.4 is 15.4 Å². The summed E-state index contributed by atoms with van der Waals surface area (Å²) in [4.78, 5) is 28.2. The van der Waals surface area contributed by atoms with E-state index in [9.17, 15) is 9.59 Å². The molecule has 2 aromatic rings. The molecular weight excluding hydrogens is 334 g/mol. The molecule has 7 heteroatoms. The first kappa shape index (κ1) is 17.7. The predicted octanol–water partition coefficient (Wildman–Crippen LogP) is 2.66. The lowest BCUT2D eigenvalue weighted by Gasteiger charge is -2.11. The van der Waals surface area contributed by atoms with Crippen LogP contribution in [0.1, 0.15) is 30.1 Å². The number of hydrogen-bond donors (Lipinski definition) is 2. The van der Waals surface area contributed by atoms with E-state index in [0.717, 1.165) is 24.3 Å². The van der Waals surface area contributed by atoms with E-state index in [1.807, 2.05) is 31.2 Å². The summed E-state index contributed by atoms with van der Waals surface area (Å²) in [5.74, 6) is 0.243. The average Bonchev–Trinajstić information content (AvgIpc) is 3.46. The van der Waals surface area contributed by atoms with E-state index < -0.39 is 5.97 Å². The summed E-state index contributed by atoms with van der Waals surface area (Å²) in [7, 11) is 0. The number of carbonyl (C=O) groups excluding carboxylic acids is 2. The molecule has 1 fully saturated rings. The highest BCUT2D eigenvalue weighted by Crippen LogP contribution is 2.22. The molecule has 2 N–H and O–H groups in total. The molecule has 1 aliphatic rings. The van der Waals surface area contributed by atoms with Gasteiger partial charge in [0, 0.05) is 17.9 Å². The maximum absolute atomic E-state index is 12.3. The first-order valence-corrected chi connectivity index (χ1v) is 8.57. The lowest BCUT2D eigenvalue weighted by molar-refractivity contribution is -0.124. The van der Waals surface area contributed by atoms with E-state index in [-0.39, 0.29) is 24.1 Å². The van der Waals surface area contributed by atoms with Crippen LogP contribution in [-0.2, 0) is 9.53 Å². The second-order valence-corrected chi connectivity index (χ2v) is 5.90. The van der Waals surface area contributed by atoms with Gasteiger partial charge in [0.1, 0.15) is 17.1 Å². The van der Waals surface area contributed by atoms with Gasteiger partial charge < -0.3 is 20.1 Å². The van der Waals surface area contributed by atoms with Crippen LogP contribution in [0.2, 0.25) is 0 Å². The van der Waals surface area contributed by atoms with Gasteiger partial charge in [-0.3, -0.25) is 4.79 Å². The number of pyridine rings is 1. The molecule has 3 rings (SSSR count). The van der Waals surface area contributed by atoms with Crippen LogP contribution in [0.5, 0.6) is 5.75 Å². The third-order valence-electron chi connectivity index (χ3n) is 3.73. The Morgan fingerprint density at radius 2 is 1.96 bits per heavy atom. The fourth-order valence-corrected chi connectivity index (χ4v) is 2.31. The molecule has 0 aliphatic heterocycles. The van der Waals surface area contributed by atoms with Crippen LogP contribution >= 0.6 is 0 Å². The molecule has 1 aromatic heterocycles. The number of benzene rings is 1. The number of esters is 1. The van der Waals surface area contributed by atoms with Crippen molar-refractivity contribution in [3.05, 3.63) is 48.2 Å². The third kappa shape index (κ3) is 4.95. The molecule has 1 saturated carbocycles. The standard InChI is InChI=1S/C19H21N3O4/c1-2-25-15-9-7-14(8-10-15)22-18-16(4-3-11-20-18)19(24)26-12-17(23)21-13-5-6-13/h3-4,7-11,13H,2,5-6,12H2,1H3,(H,20,22)(H,21,23). The van der Waals surface area contributed by atoms with E-state index in [2.05, 4.69) is 15.6 Å². The van der Waals surface area contributed by atoms with Crippen LogP contribution in [0.15, 0.2) is 42.6 Å². The van der Waals surface area contributed by atoms with E-state index in [1.54, 1.807) is 18.3 Å². The van der Waals surface area contributed by atoms with Crippen molar-refractivity contribution in [1.82, 2.24) is 10.3 Å².